The Hall–Kier alpha value is -2.14. The zero-order valence-corrected chi connectivity index (χ0v) is 13.2. The average molecular weight is 343 g/mol. The zero-order valence-electron chi connectivity index (χ0n) is 11.6. The maximum atomic E-state index is 4.31. The van der Waals surface area contributed by atoms with Gasteiger partial charge in [0.15, 0.2) is 0 Å². The third kappa shape index (κ3) is 3.49. The van der Waals surface area contributed by atoms with E-state index in [2.05, 4.69) is 55.6 Å². The zero-order chi connectivity index (χ0) is 14.7. The number of rotatable bonds is 4. The van der Waals surface area contributed by atoms with Gasteiger partial charge in [-0.1, -0.05) is 18.2 Å². The van der Waals surface area contributed by atoms with E-state index in [1.807, 2.05) is 36.3 Å². The molecule has 2 heterocycles. The predicted molar refractivity (Wildman–Crippen MR) is 87.9 cm³/mol. The summed E-state index contributed by atoms with van der Waals surface area (Å²) in [4.78, 5) is 4.31. The van der Waals surface area contributed by atoms with Gasteiger partial charge in [0.25, 0.3) is 0 Å². The van der Waals surface area contributed by atoms with E-state index in [1.54, 1.807) is 6.20 Å². The summed E-state index contributed by atoms with van der Waals surface area (Å²) in [5, 5.41) is 7.53. The monoisotopic (exact) mass is 342 g/mol. The molecule has 3 rings (SSSR count). The van der Waals surface area contributed by atoms with E-state index in [0.29, 0.717) is 0 Å². The van der Waals surface area contributed by atoms with Gasteiger partial charge in [-0.25, -0.2) is 4.98 Å². The van der Waals surface area contributed by atoms with Gasteiger partial charge in [0.2, 0.25) is 0 Å². The minimum atomic E-state index is 0.739. The Labute approximate surface area is 132 Å². The number of anilines is 1. The van der Waals surface area contributed by atoms with Gasteiger partial charge in [-0.2, -0.15) is 5.10 Å². The number of benzene rings is 1. The molecule has 0 fully saturated rings. The molecule has 3 aromatic rings. The molecule has 0 aliphatic rings. The van der Waals surface area contributed by atoms with Crippen molar-refractivity contribution < 1.29 is 0 Å². The van der Waals surface area contributed by atoms with Crippen molar-refractivity contribution in [1.82, 2.24) is 14.8 Å². The molecule has 0 aliphatic heterocycles. The van der Waals surface area contributed by atoms with Crippen LogP contribution >= 0.6 is 15.9 Å². The molecular weight excluding hydrogens is 328 g/mol. The molecule has 5 heteroatoms. The lowest BCUT2D eigenvalue weighted by Crippen LogP contribution is -2.00. The lowest BCUT2D eigenvalue weighted by molar-refractivity contribution is 0.768. The molecule has 1 aromatic carbocycles. The van der Waals surface area contributed by atoms with Crippen LogP contribution in [0.5, 0.6) is 0 Å². The fourth-order valence-electron chi connectivity index (χ4n) is 2.10. The fourth-order valence-corrected chi connectivity index (χ4v) is 2.34. The molecule has 0 aliphatic carbocycles. The van der Waals surface area contributed by atoms with Gasteiger partial charge < -0.3 is 5.32 Å². The number of halogens is 1. The van der Waals surface area contributed by atoms with Crippen LogP contribution in [-0.2, 0) is 13.6 Å². The smallest absolute Gasteiger partial charge is 0.126 e. The van der Waals surface area contributed by atoms with Crippen molar-refractivity contribution in [2.45, 2.75) is 6.54 Å². The third-order valence-corrected chi connectivity index (χ3v) is 3.64. The lowest BCUT2D eigenvalue weighted by Gasteiger charge is -2.07. The quantitative estimate of drug-likeness (QED) is 0.782. The van der Waals surface area contributed by atoms with E-state index in [1.165, 1.54) is 11.1 Å². The highest BCUT2D eigenvalue weighted by atomic mass is 79.9. The summed E-state index contributed by atoms with van der Waals surface area (Å²) in [5.74, 6) is 0.866. The Kier molecular flexibility index (Phi) is 4.01. The van der Waals surface area contributed by atoms with Crippen molar-refractivity contribution in [1.29, 1.82) is 0 Å². The van der Waals surface area contributed by atoms with Gasteiger partial charge in [-0.15, -0.1) is 0 Å². The SMILES string of the molecule is Cn1cc(-c2cccc(CNc3ccc(Br)cn3)c2)cn1. The Morgan fingerprint density at radius 3 is 2.76 bits per heavy atom. The van der Waals surface area contributed by atoms with Gasteiger partial charge in [-0.3, -0.25) is 4.68 Å². The number of hydrogen-bond acceptors (Lipinski definition) is 3. The molecule has 21 heavy (non-hydrogen) atoms. The van der Waals surface area contributed by atoms with E-state index in [4.69, 9.17) is 0 Å². The number of aromatic nitrogens is 3. The first-order chi connectivity index (χ1) is 10.2. The maximum Gasteiger partial charge on any atom is 0.126 e. The Morgan fingerprint density at radius 2 is 2.05 bits per heavy atom. The molecule has 2 aromatic heterocycles. The number of nitrogens with zero attached hydrogens (tertiary/aromatic N) is 3. The van der Waals surface area contributed by atoms with Crippen molar-refractivity contribution >= 4 is 21.7 Å². The van der Waals surface area contributed by atoms with Gasteiger partial charge in [0, 0.05) is 36.0 Å². The molecular formula is C16H15BrN4. The van der Waals surface area contributed by atoms with Crippen LogP contribution in [0.3, 0.4) is 0 Å². The van der Waals surface area contributed by atoms with Crippen LogP contribution < -0.4 is 5.32 Å². The average Bonchev–Trinajstić information content (AvgIpc) is 2.94. The molecule has 0 spiro atoms. The Morgan fingerprint density at radius 1 is 1.14 bits per heavy atom. The van der Waals surface area contributed by atoms with Crippen molar-refractivity contribution in [2.24, 2.45) is 7.05 Å². The molecule has 0 saturated carbocycles. The van der Waals surface area contributed by atoms with E-state index >= 15 is 0 Å². The van der Waals surface area contributed by atoms with Crippen molar-refractivity contribution in [2.75, 3.05) is 5.32 Å². The van der Waals surface area contributed by atoms with Crippen LogP contribution in [0.4, 0.5) is 5.82 Å². The van der Waals surface area contributed by atoms with Crippen molar-refractivity contribution in [3.8, 4) is 11.1 Å². The fraction of sp³-hybridized carbons (Fsp3) is 0.125. The first kappa shape index (κ1) is 13.8. The second-order valence-electron chi connectivity index (χ2n) is 4.82. The highest BCUT2D eigenvalue weighted by molar-refractivity contribution is 9.10. The molecule has 0 saturated heterocycles. The van der Waals surface area contributed by atoms with Gasteiger partial charge in [0.05, 0.1) is 6.20 Å². The number of hydrogen-bond donors (Lipinski definition) is 1. The molecule has 0 bridgehead atoms. The number of pyridine rings is 1. The van der Waals surface area contributed by atoms with Crippen LogP contribution in [0.1, 0.15) is 5.56 Å². The highest BCUT2D eigenvalue weighted by Crippen LogP contribution is 2.20. The summed E-state index contributed by atoms with van der Waals surface area (Å²) < 4.78 is 2.79. The van der Waals surface area contributed by atoms with Crippen molar-refractivity contribution in [3.05, 3.63) is 65.0 Å². The van der Waals surface area contributed by atoms with Crippen LogP contribution in [0.25, 0.3) is 11.1 Å². The lowest BCUT2D eigenvalue weighted by atomic mass is 10.1. The van der Waals surface area contributed by atoms with Gasteiger partial charge in [0.1, 0.15) is 5.82 Å². The van der Waals surface area contributed by atoms with Crippen LogP contribution in [-0.4, -0.2) is 14.8 Å². The molecule has 0 amide bonds. The van der Waals surface area contributed by atoms with E-state index in [9.17, 15) is 0 Å². The summed E-state index contributed by atoms with van der Waals surface area (Å²) in [5.41, 5.74) is 3.51. The van der Waals surface area contributed by atoms with Gasteiger partial charge >= 0.3 is 0 Å². The highest BCUT2D eigenvalue weighted by Gasteiger charge is 2.02. The van der Waals surface area contributed by atoms with E-state index < -0.39 is 0 Å². The molecule has 0 radical (unpaired) electrons. The van der Waals surface area contributed by atoms with Crippen LogP contribution in [0.2, 0.25) is 0 Å². The minimum absolute atomic E-state index is 0.739. The largest absolute Gasteiger partial charge is 0.366 e. The molecule has 1 N–H and O–H groups in total. The minimum Gasteiger partial charge on any atom is -0.366 e. The Bertz CT molecular complexity index is 734. The molecule has 4 nitrogen and oxygen atoms in total. The van der Waals surface area contributed by atoms with E-state index in [0.717, 1.165) is 22.4 Å². The first-order valence-corrected chi connectivity index (χ1v) is 7.43. The number of aryl methyl sites for hydroxylation is 1. The second-order valence-corrected chi connectivity index (χ2v) is 5.73. The molecule has 0 unspecified atom stereocenters. The van der Waals surface area contributed by atoms with Crippen LogP contribution in [0.15, 0.2) is 59.5 Å². The Balaban J connectivity index is 1.73. The first-order valence-electron chi connectivity index (χ1n) is 6.64. The standard InChI is InChI=1S/C16H15BrN4/c1-21-11-14(9-20-21)13-4-2-3-12(7-13)8-18-16-6-5-15(17)10-19-16/h2-7,9-11H,8H2,1H3,(H,18,19). The van der Waals surface area contributed by atoms with Gasteiger partial charge in [-0.05, 0) is 45.3 Å². The maximum absolute atomic E-state index is 4.31. The normalized spacial score (nSPS) is 10.6. The molecule has 106 valence electrons. The number of nitrogens with one attached hydrogen (secondary N) is 1. The predicted octanol–water partition coefficient (Wildman–Crippen LogP) is 3.86. The summed E-state index contributed by atoms with van der Waals surface area (Å²) in [6.45, 7) is 0.739. The third-order valence-electron chi connectivity index (χ3n) is 3.17. The van der Waals surface area contributed by atoms with Crippen LogP contribution in [0, 0.1) is 0 Å². The molecule has 0 atom stereocenters. The van der Waals surface area contributed by atoms with Crippen molar-refractivity contribution in [3.63, 3.8) is 0 Å². The summed E-state index contributed by atoms with van der Waals surface area (Å²) in [7, 11) is 1.92. The summed E-state index contributed by atoms with van der Waals surface area (Å²) in [6, 6.07) is 12.4. The van der Waals surface area contributed by atoms with E-state index in [-0.39, 0.29) is 0 Å². The summed E-state index contributed by atoms with van der Waals surface area (Å²) in [6.07, 6.45) is 5.68. The second kappa shape index (κ2) is 6.10. The summed E-state index contributed by atoms with van der Waals surface area (Å²) >= 11 is 3.38. The topological polar surface area (TPSA) is 42.7 Å².